The molecule has 208 valence electrons. The number of benzene rings is 2. The van der Waals surface area contributed by atoms with Crippen molar-refractivity contribution in [3.63, 3.8) is 0 Å². The number of para-hydroxylation sites is 1. The van der Waals surface area contributed by atoms with Crippen LogP contribution < -0.4 is 4.74 Å². The molecule has 6 nitrogen and oxygen atoms in total. The molecule has 39 heavy (non-hydrogen) atoms. The molecule has 3 aromatic rings. The summed E-state index contributed by atoms with van der Waals surface area (Å²) < 4.78 is 21.2. The fourth-order valence-electron chi connectivity index (χ4n) is 5.22. The molecule has 1 aliphatic rings. The molecular formula is C32H40FN3O3. The van der Waals surface area contributed by atoms with E-state index in [0.717, 1.165) is 36.9 Å². The van der Waals surface area contributed by atoms with Crippen LogP contribution in [0.4, 0.5) is 4.39 Å². The second kappa shape index (κ2) is 14.0. The Labute approximate surface area is 231 Å². The number of hydrogen-bond donors (Lipinski definition) is 0. The van der Waals surface area contributed by atoms with Crippen molar-refractivity contribution in [2.75, 3.05) is 19.7 Å². The standard InChI is InChI=1S/C32H40FN3O3/c1-25(2)20-35(32(38)24-39-30-13-7-4-8-14-30)23-31(37)36(28-10-5-3-6-11-28)22-29-12-9-19-34(29)21-26-15-17-27(33)18-16-26/h4,7-9,12-19,25,28H,3,5-6,10-11,20-24H2,1-2H3. The zero-order valence-corrected chi connectivity index (χ0v) is 23.1. The number of ether oxygens (including phenoxy) is 1. The van der Waals surface area contributed by atoms with Gasteiger partial charge in [-0.2, -0.15) is 0 Å². The topological polar surface area (TPSA) is 54.8 Å². The lowest BCUT2D eigenvalue weighted by Crippen LogP contribution is -2.49. The van der Waals surface area contributed by atoms with Crippen molar-refractivity contribution in [1.82, 2.24) is 14.4 Å². The van der Waals surface area contributed by atoms with Crippen molar-refractivity contribution in [2.45, 2.75) is 65.1 Å². The molecule has 0 aliphatic heterocycles. The van der Waals surface area contributed by atoms with E-state index < -0.39 is 0 Å². The molecule has 1 heterocycles. The zero-order valence-electron chi connectivity index (χ0n) is 23.1. The minimum atomic E-state index is -0.254. The van der Waals surface area contributed by atoms with Crippen LogP contribution in [0.3, 0.4) is 0 Å². The summed E-state index contributed by atoms with van der Waals surface area (Å²) in [7, 11) is 0. The van der Waals surface area contributed by atoms with Crippen LogP contribution in [0.1, 0.15) is 57.2 Å². The third kappa shape index (κ3) is 8.44. The average molecular weight is 534 g/mol. The van der Waals surface area contributed by atoms with Gasteiger partial charge in [-0.15, -0.1) is 0 Å². The normalized spacial score (nSPS) is 13.8. The molecule has 0 spiro atoms. The quantitative estimate of drug-likeness (QED) is 0.291. The highest BCUT2D eigenvalue weighted by Gasteiger charge is 2.29. The number of carbonyl (C=O) groups excluding carboxylic acids is 2. The van der Waals surface area contributed by atoms with Crippen LogP contribution in [0.25, 0.3) is 0 Å². The SMILES string of the molecule is CC(C)CN(CC(=O)N(Cc1cccn1Cc1ccc(F)cc1)C1CCCCC1)C(=O)COc1ccccc1. The van der Waals surface area contributed by atoms with Crippen molar-refractivity contribution in [3.05, 3.63) is 90.0 Å². The van der Waals surface area contributed by atoms with E-state index in [9.17, 15) is 14.0 Å². The molecule has 0 atom stereocenters. The first-order valence-electron chi connectivity index (χ1n) is 14.0. The van der Waals surface area contributed by atoms with Gasteiger partial charge in [0.25, 0.3) is 5.91 Å². The lowest BCUT2D eigenvalue weighted by Gasteiger charge is -2.36. The smallest absolute Gasteiger partial charge is 0.260 e. The molecule has 0 bridgehead atoms. The molecule has 1 fully saturated rings. The fraction of sp³-hybridized carbons (Fsp3) is 0.438. The molecule has 1 aliphatic carbocycles. The summed E-state index contributed by atoms with van der Waals surface area (Å²) in [5, 5.41) is 0. The fourth-order valence-corrected chi connectivity index (χ4v) is 5.22. The molecule has 2 amide bonds. The van der Waals surface area contributed by atoms with Crippen molar-refractivity contribution in [3.8, 4) is 5.75 Å². The van der Waals surface area contributed by atoms with Crippen molar-refractivity contribution < 1.29 is 18.7 Å². The number of carbonyl (C=O) groups is 2. The van der Waals surface area contributed by atoms with Crippen LogP contribution in [0.2, 0.25) is 0 Å². The van der Waals surface area contributed by atoms with Crippen LogP contribution in [-0.2, 0) is 22.7 Å². The third-order valence-corrected chi connectivity index (χ3v) is 7.23. The molecule has 1 aromatic heterocycles. The Bertz CT molecular complexity index is 1190. The molecule has 1 saturated carbocycles. The monoisotopic (exact) mass is 533 g/mol. The van der Waals surface area contributed by atoms with Gasteiger partial charge in [0.15, 0.2) is 6.61 Å². The summed E-state index contributed by atoms with van der Waals surface area (Å²) in [6.07, 6.45) is 7.33. The van der Waals surface area contributed by atoms with E-state index in [1.165, 1.54) is 18.6 Å². The number of amides is 2. The maximum Gasteiger partial charge on any atom is 0.260 e. The summed E-state index contributed by atoms with van der Waals surface area (Å²) in [6, 6.07) is 19.9. The minimum Gasteiger partial charge on any atom is -0.484 e. The maximum atomic E-state index is 13.9. The van der Waals surface area contributed by atoms with Gasteiger partial charge in [-0.25, -0.2) is 4.39 Å². The first-order valence-corrected chi connectivity index (χ1v) is 14.0. The Morgan fingerprint density at radius 2 is 1.67 bits per heavy atom. The minimum absolute atomic E-state index is 0.0321. The van der Waals surface area contributed by atoms with Gasteiger partial charge in [0.2, 0.25) is 5.91 Å². The van der Waals surface area contributed by atoms with Gasteiger partial charge in [0, 0.05) is 31.0 Å². The second-order valence-electron chi connectivity index (χ2n) is 10.8. The first-order chi connectivity index (χ1) is 18.9. The zero-order chi connectivity index (χ0) is 27.6. The van der Waals surface area contributed by atoms with E-state index >= 15 is 0 Å². The van der Waals surface area contributed by atoms with E-state index in [0.29, 0.717) is 25.4 Å². The van der Waals surface area contributed by atoms with Gasteiger partial charge < -0.3 is 19.1 Å². The predicted molar refractivity (Wildman–Crippen MR) is 151 cm³/mol. The van der Waals surface area contributed by atoms with Gasteiger partial charge in [0.05, 0.1) is 13.1 Å². The van der Waals surface area contributed by atoms with Crippen LogP contribution >= 0.6 is 0 Å². The van der Waals surface area contributed by atoms with Crippen LogP contribution in [0.5, 0.6) is 5.75 Å². The van der Waals surface area contributed by atoms with Crippen LogP contribution in [-0.4, -0.2) is 51.9 Å². The molecule has 0 radical (unpaired) electrons. The van der Waals surface area contributed by atoms with Gasteiger partial charge in [0.1, 0.15) is 11.6 Å². The van der Waals surface area contributed by atoms with Crippen LogP contribution in [0.15, 0.2) is 72.9 Å². The Hall–Kier alpha value is -3.61. The molecule has 4 rings (SSSR count). The Morgan fingerprint density at radius 3 is 2.36 bits per heavy atom. The van der Waals surface area contributed by atoms with Crippen molar-refractivity contribution in [1.29, 1.82) is 0 Å². The van der Waals surface area contributed by atoms with E-state index in [1.807, 2.05) is 67.4 Å². The van der Waals surface area contributed by atoms with Gasteiger partial charge in [-0.05, 0) is 60.7 Å². The largest absolute Gasteiger partial charge is 0.484 e. The van der Waals surface area contributed by atoms with Crippen molar-refractivity contribution in [2.24, 2.45) is 5.92 Å². The predicted octanol–water partition coefficient (Wildman–Crippen LogP) is 5.90. The van der Waals surface area contributed by atoms with Crippen LogP contribution in [0, 0.1) is 11.7 Å². The molecule has 7 heteroatoms. The molecular weight excluding hydrogens is 493 g/mol. The highest BCUT2D eigenvalue weighted by atomic mass is 19.1. The molecule has 2 aromatic carbocycles. The first kappa shape index (κ1) is 28.4. The molecule has 0 N–H and O–H groups in total. The number of aromatic nitrogens is 1. The lowest BCUT2D eigenvalue weighted by molar-refractivity contribution is -0.144. The summed E-state index contributed by atoms with van der Waals surface area (Å²) in [5.74, 6) is 0.367. The average Bonchev–Trinajstić information content (AvgIpc) is 3.38. The van der Waals surface area contributed by atoms with Gasteiger partial charge in [-0.1, -0.05) is 63.4 Å². The Balaban J connectivity index is 1.48. The summed E-state index contributed by atoms with van der Waals surface area (Å²) in [6.45, 7) is 5.58. The van der Waals surface area contributed by atoms with Gasteiger partial charge in [-0.3, -0.25) is 9.59 Å². The van der Waals surface area contributed by atoms with E-state index in [1.54, 1.807) is 17.0 Å². The van der Waals surface area contributed by atoms with Gasteiger partial charge >= 0.3 is 0 Å². The van der Waals surface area contributed by atoms with E-state index in [4.69, 9.17) is 4.74 Å². The molecule has 0 saturated heterocycles. The number of hydrogen-bond acceptors (Lipinski definition) is 3. The summed E-state index contributed by atoms with van der Waals surface area (Å²) in [4.78, 5) is 30.7. The Morgan fingerprint density at radius 1 is 0.949 bits per heavy atom. The summed E-state index contributed by atoms with van der Waals surface area (Å²) >= 11 is 0. The second-order valence-corrected chi connectivity index (χ2v) is 10.8. The maximum absolute atomic E-state index is 13.9. The number of nitrogens with zero attached hydrogens (tertiary/aromatic N) is 3. The summed E-state index contributed by atoms with van der Waals surface area (Å²) in [5.41, 5.74) is 2.02. The van der Waals surface area contributed by atoms with E-state index in [2.05, 4.69) is 4.57 Å². The molecule has 0 unspecified atom stereocenters. The Kier molecular flexibility index (Phi) is 10.2. The lowest BCUT2D eigenvalue weighted by atomic mass is 9.94. The van der Waals surface area contributed by atoms with Crippen molar-refractivity contribution >= 4 is 11.8 Å². The van der Waals surface area contributed by atoms with E-state index in [-0.39, 0.29) is 42.7 Å². The highest BCUT2D eigenvalue weighted by molar-refractivity contribution is 5.85. The number of halogens is 1. The number of rotatable bonds is 12. The third-order valence-electron chi connectivity index (χ3n) is 7.23. The highest BCUT2D eigenvalue weighted by Crippen LogP contribution is 2.25.